The number of benzene rings is 1. The number of aliphatic carboxylic acids is 1. The van der Waals surface area contributed by atoms with E-state index < -0.39 is 12.1 Å². The summed E-state index contributed by atoms with van der Waals surface area (Å²) in [6.07, 6.45) is 2.68. The number of hydrogen-bond acceptors (Lipinski definition) is 3. The number of nitrogens with zero attached hydrogens (tertiary/aromatic N) is 1. The smallest absolute Gasteiger partial charge is 0.475 e. The minimum Gasteiger partial charge on any atom is -0.475 e. The predicted octanol–water partition coefficient (Wildman–Crippen LogP) is 4.09. The molecule has 0 radical (unpaired) electrons. The van der Waals surface area contributed by atoms with Crippen molar-refractivity contribution in [1.82, 2.24) is 15.2 Å². The SMILES string of the molecule is CCC1(C(=O)N2CC=C(c3c[nH]c4cc(F)ccc34)CC2)CCCN1.O=C(O)C(F)(F)F. The van der Waals surface area contributed by atoms with E-state index >= 15 is 0 Å². The van der Waals surface area contributed by atoms with Crippen molar-refractivity contribution >= 4 is 28.4 Å². The van der Waals surface area contributed by atoms with E-state index in [1.54, 1.807) is 0 Å². The first-order chi connectivity index (χ1) is 15.1. The van der Waals surface area contributed by atoms with Crippen molar-refractivity contribution in [2.45, 2.75) is 44.3 Å². The van der Waals surface area contributed by atoms with Crippen LogP contribution in [0.15, 0.2) is 30.5 Å². The summed E-state index contributed by atoms with van der Waals surface area (Å²) >= 11 is 0. The molecule has 1 saturated heterocycles. The maximum absolute atomic E-state index is 13.4. The number of carbonyl (C=O) groups is 2. The van der Waals surface area contributed by atoms with Gasteiger partial charge in [-0.1, -0.05) is 13.0 Å². The third kappa shape index (κ3) is 4.95. The number of alkyl halides is 3. The molecule has 0 saturated carbocycles. The van der Waals surface area contributed by atoms with E-state index in [0.717, 1.165) is 55.2 Å². The quantitative estimate of drug-likeness (QED) is 0.609. The highest BCUT2D eigenvalue weighted by Gasteiger charge is 2.42. The Morgan fingerprint density at radius 1 is 1.28 bits per heavy atom. The molecule has 0 bridgehead atoms. The van der Waals surface area contributed by atoms with Gasteiger partial charge in [0.1, 0.15) is 5.82 Å². The Hall–Kier alpha value is -2.88. The number of amides is 1. The molecule has 1 fully saturated rings. The van der Waals surface area contributed by atoms with Crippen LogP contribution in [-0.4, -0.2) is 58.2 Å². The fraction of sp³-hybridized carbons (Fsp3) is 0.455. The Balaban J connectivity index is 0.000000360. The second-order valence-corrected chi connectivity index (χ2v) is 7.89. The average molecular weight is 455 g/mol. The lowest BCUT2D eigenvalue weighted by atomic mass is 9.91. The number of hydrogen-bond donors (Lipinski definition) is 3. The van der Waals surface area contributed by atoms with Gasteiger partial charge in [-0.3, -0.25) is 4.79 Å². The first-order valence-electron chi connectivity index (χ1n) is 10.4. The molecule has 1 atom stereocenters. The van der Waals surface area contributed by atoms with Crippen molar-refractivity contribution in [3.63, 3.8) is 0 Å². The van der Waals surface area contributed by atoms with Crippen LogP contribution in [0.4, 0.5) is 17.6 Å². The highest BCUT2D eigenvalue weighted by molar-refractivity contribution is 5.93. The molecule has 2 aliphatic heterocycles. The summed E-state index contributed by atoms with van der Waals surface area (Å²) in [5.41, 5.74) is 2.80. The maximum atomic E-state index is 13.4. The molecule has 0 aliphatic carbocycles. The van der Waals surface area contributed by atoms with Gasteiger partial charge in [0.15, 0.2) is 0 Å². The number of H-pyrrole nitrogens is 1. The highest BCUT2D eigenvalue weighted by atomic mass is 19.4. The van der Waals surface area contributed by atoms with Gasteiger partial charge >= 0.3 is 12.1 Å². The zero-order valence-corrected chi connectivity index (χ0v) is 17.6. The number of aromatic amines is 1. The molecule has 1 aromatic carbocycles. The van der Waals surface area contributed by atoms with Gasteiger partial charge in [-0.25, -0.2) is 9.18 Å². The lowest BCUT2D eigenvalue weighted by molar-refractivity contribution is -0.192. The number of fused-ring (bicyclic) bond motifs is 1. The number of carboxylic acids is 1. The maximum Gasteiger partial charge on any atom is 0.490 e. The molecule has 2 aromatic rings. The number of aromatic nitrogens is 1. The van der Waals surface area contributed by atoms with Gasteiger partial charge in [0.2, 0.25) is 5.91 Å². The van der Waals surface area contributed by atoms with Crippen LogP contribution in [-0.2, 0) is 9.59 Å². The van der Waals surface area contributed by atoms with Gasteiger partial charge in [-0.15, -0.1) is 0 Å². The zero-order valence-electron chi connectivity index (χ0n) is 17.6. The fourth-order valence-electron chi connectivity index (χ4n) is 4.21. The lowest BCUT2D eigenvalue weighted by Crippen LogP contribution is -2.55. The Morgan fingerprint density at radius 3 is 2.53 bits per heavy atom. The molecule has 32 heavy (non-hydrogen) atoms. The van der Waals surface area contributed by atoms with Gasteiger partial charge in [0.25, 0.3) is 0 Å². The number of carboxylic acid groups (broad SMARTS) is 1. The minimum absolute atomic E-state index is 0.232. The first-order valence-corrected chi connectivity index (χ1v) is 10.4. The van der Waals surface area contributed by atoms with E-state index in [4.69, 9.17) is 9.90 Å². The Morgan fingerprint density at radius 2 is 2.00 bits per heavy atom. The predicted molar refractivity (Wildman–Crippen MR) is 111 cm³/mol. The van der Waals surface area contributed by atoms with Crippen LogP contribution >= 0.6 is 0 Å². The molecule has 0 spiro atoms. The van der Waals surface area contributed by atoms with Crippen molar-refractivity contribution in [3.05, 3.63) is 41.9 Å². The first kappa shape index (κ1) is 23.8. The second-order valence-electron chi connectivity index (χ2n) is 7.89. The summed E-state index contributed by atoms with van der Waals surface area (Å²) in [6.45, 7) is 4.40. The van der Waals surface area contributed by atoms with Crippen molar-refractivity contribution in [2.75, 3.05) is 19.6 Å². The molecule has 1 amide bonds. The summed E-state index contributed by atoms with van der Waals surface area (Å²) in [5, 5.41) is 11.6. The van der Waals surface area contributed by atoms with E-state index in [9.17, 15) is 22.4 Å². The molecule has 3 heterocycles. The number of rotatable bonds is 3. The van der Waals surface area contributed by atoms with Gasteiger partial charge in [0, 0.05) is 35.8 Å². The topological polar surface area (TPSA) is 85.4 Å². The van der Waals surface area contributed by atoms with Crippen molar-refractivity contribution < 1.29 is 32.3 Å². The van der Waals surface area contributed by atoms with E-state index in [1.807, 2.05) is 17.2 Å². The molecule has 1 unspecified atom stereocenters. The largest absolute Gasteiger partial charge is 0.490 e. The monoisotopic (exact) mass is 455 g/mol. The summed E-state index contributed by atoms with van der Waals surface area (Å²) in [4.78, 5) is 27.0. The van der Waals surface area contributed by atoms with Crippen LogP contribution in [0, 0.1) is 5.82 Å². The molecule has 3 N–H and O–H groups in total. The van der Waals surface area contributed by atoms with E-state index in [2.05, 4.69) is 23.3 Å². The normalized spacial score (nSPS) is 21.2. The van der Waals surface area contributed by atoms with Crippen LogP contribution in [0.25, 0.3) is 16.5 Å². The molecular weight excluding hydrogens is 430 g/mol. The molecule has 10 heteroatoms. The Bertz CT molecular complexity index is 1020. The minimum atomic E-state index is -5.08. The van der Waals surface area contributed by atoms with E-state index in [1.165, 1.54) is 17.7 Å². The van der Waals surface area contributed by atoms with E-state index in [-0.39, 0.29) is 17.3 Å². The van der Waals surface area contributed by atoms with Crippen molar-refractivity contribution in [1.29, 1.82) is 0 Å². The van der Waals surface area contributed by atoms with Gasteiger partial charge < -0.3 is 20.3 Å². The molecule has 2 aliphatic rings. The Labute approximate surface area is 182 Å². The second kappa shape index (κ2) is 9.32. The van der Waals surface area contributed by atoms with E-state index in [0.29, 0.717) is 6.54 Å². The van der Waals surface area contributed by atoms with Crippen LogP contribution in [0.3, 0.4) is 0 Å². The number of carbonyl (C=O) groups excluding carboxylic acids is 1. The molecule has 4 rings (SSSR count). The van der Waals surface area contributed by atoms with Gasteiger partial charge in [0.05, 0.1) is 5.54 Å². The third-order valence-corrected chi connectivity index (χ3v) is 5.99. The lowest BCUT2D eigenvalue weighted by Gasteiger charge is -2.35. The standard InChI is InChI=1S/C20H24FN3O.C2HF3O2/c1-2-20(8-3-9-23-20)19(25)24-10-6-14(7-11-24)17-13-22-18-12-15(21)4-5-16(17)18;3-2(4,5)1(6)7/h4-6,12-13,22-23H,2-3,7-11H2,1H3;(H,6,7). The van der Waals surface area contributed by atoms with Crippen LogP contribution < -0.4 is 5.32 Å². The van der Waals surface area contributed by atoms with Crippen LogP contribution in [0.5, 0.6) is 0 Å². The Kier molecular flexibility index (Phi) is 6.92. The molecular formula is C22H25F4N3O3. The molecule has 6 nitrogen and oxygen atoms in total. The van der Waals surface area contributed by atoms with Crippen molar-refractivity contribution in [3.8, 4) is 0 Å². The third-order valence-electron chi connectivity index (χ3n) is 5.99. The van der Waals surface area contributed by atoms with Crippen LogP contribution in [0.1, 0.15) is 38.2 Å². The highest BCUT2D eigenvalue weighted by Crippen LogP contribution is 2.32. The summed E-state index contributed by atoms with van der Waals surface area (Å²) in [5.74, 6) is -2.75. The number of halogens is 4. The summed E-state index contributed by atoms with van der Waals surface area (Å²) < 4.78 is 45.1. The van der Waals surface area contributed by atoms with Gasteiger partial charge in [-0.2, -0.15) is 13.2 Å². The zero-order chi connectivity index (χ0) is 23.5. The summed E-state index contributed by atoms with van der Waals surface area (Å²) in [6, 6.07) is 4.84. The van der Waals surface area contributed by atoms with Crippen molar-refractivity contribution in [2.24, 2.45) is 0 Å². The number of nitrogens with one attached hydrogen (secondary N) is 2. The molecule has 1 aromatic heterocycles. The fourth-order valence-corrected chi connectivity index (χ4v) is 4.21. The molecule has 174 valence electrons. The van der Waals surface area contributed by atoms with Gasteiger partial charge in [-0.05, 0) is 56.0 Å². The average Bonchev–Trinajstić information content (AvgIpc) is 3.40. The van der Waals surface area contributed by atoms with Crippen LogP contribution in [0.2, 0.25) is 0 Å². The summed E-state index contributed by atoms with van der Waals surface area (Å²) in [7, 11) is 0.